The maximum absolute atomic E-state index is 2.54. The van der Waals surface area contributed by atoms with Crippen molar-refractivity contribution in [1.82, 2.24) is 0 Å². The molecule has 16 aromatic carbocycles. The van der Waals surface area contributed by atoms with Gasteiger partial charge < -0.3 is 9.80 Å². The van der Waals surface area contributed by atoms with Crippen LogP contribution >= 0.6 is 0 Å². The van der Waals surface area contributed by atoms with E-state index < -0.39 is 5.41 Å². The van der Waals surface area contributed by atoms with E-state index in [0.717, 1.165) is 34.1 Å². The molecule has 4 saturated carbocycles. The summed E-state index contributed by atoms with van der Waals surface area (Å²) in [5.41, 5.74) is 44.5. The number of hydrogen-bond acceptors (Lipinski definition) is 2. The molecular formula is C117H94N2. The Bertz CT molecular complexity index is 5900. The van der Waals surface area contributed by atoms with Gasteiger partial charge in [-0.05, 0) is 304 Å². The van der Waals surface area contributed by atoms with E-state index in [2.05, 4.69) is 386 Å². The summed E-state index contributed by atoms with van der Waals surface area (Å²) in [6.07, 6.45) is 19.9. The summed E-state index contributed by atoms with van der Waals surface area (Å²) in [4.78, 5) is 4.94. The molecule has 0 aliphatic heterocycles. The van der Waals surface area contributed by atoms with Gasteiger partial charge in [0, 0.05) is 55.8 Å². The Kier molecular flexibility index (Phi) is 16.3. The van der Waals surface area contributed by atoms with Gasteiger partial charge in [0.15, 0.2) is 0 Å². The second-order valence-corrected chi connectivity index (χ2v) is 35.8. The van der Waals surface area contributed by atoms with Crippen LogP contribution < -0.4 is 9.80 Å². The van der Waals surface area contributed by atoms with E-state index in [-0.39, 0.29) is 21.7 Å². The minimum absolute atomic E-state index is 0.0977. The van der Waals surface area contributed by atoms with Crippen LogP contribution in [0.1, 0.15) is 169 Å². The first-order valence-corrected chi connectivity index (χ1v) is 44.2. The van der Waals surface area contributed by atoms with Crippen molar-refractivity contribution in [3.63, 3.8) is 0 Å². The Hall–Kier alpha value is -12.9. The molecule has 16 aromatic rings. The smallest absolute Gasteiger partial charge is 0.0701 e. The van der Waals surface area contributed by atoms with Gasteiger partial charge in [0.1, 0.15) is 0 Å². The molecule has 0 radical (unpaired) electrons. The van der Waals surface area contributed by atoms with Crippen molar-refractivity contribution in [3.05, 3.63) is 443 Å². The van der Waals surface area contributed by atoms with Gasteiger partial charge in [0.25, 0.3) is 0 Å². The third-order valence-electron chi connectivity index (χ3n) is 30.3. The highest BCUT2D eigenvalue weighted by molar-refractivity contribution is 5.91. The molecule has 2 heteroatoms. The van der Waals surface area contributed by atoms with E-state index in [1.165, 1.54) is 259 Å². The number of nitrogens with zero attached hydrogens (tertiary/aromatic N) is 2. The van der Waals surface area contributed by atoms with Crippen molar-refractivity contribution in [2.75, 3.05) is 9.80 Å². The first-order valence-electron chi connectivity index (χ1n) is 44.2. The summed E-state index contributed by atoms with van der Waals surface area (Å²) in [5.74, 6) is 0. The molecule has 2 nitrogen and oxygen atoms in total. The van der Waals surface area contributed by atoms with Crippen LogP contribution in [-0.4, -0.2) is 0 Å². The normalized spacial score (nSPS) is 16.5. The monoisotopic (exact) mass is 1530 g/mol. The van der Waals surface area contributed by atoms with Crippen LogP contribution in [0.3, 0.4) is 0 Å². The van der Waals surface area contributed by atoms with E-state index in [0.29, 0.717) is 0 Å². The fourth-order valence-corrected chi connectivity index (χ4v) is 24.8. The van der Waals surface area contributed by atoms with Gasteiger partial charge in [0.05, 0.1) is 5.41 Å². The Morgan fingerprint density at radius 2 is 0.345 bits per heavy atom. The van der Waals surface area contributed by atoms with Crippen LogP contribution in [-0.2, 0) is 27.1 Å². The highest BCUT2D eigenvalue weighted by Crippen LogP contribution is 2.63. The molecule has 8 aliphatic rings. The molecular weight excluding hydrogens is 1430 g/mol. The van der Waals surface area contributed by atoms with Crippen molar-refractivity contribution >= 4 is 34.1 Å². The molecule has 0 aromatic heterocycles. The Morgan fingerprint density at radius 3 is 0.580 bits per heavy atom. The maximum atomic E-state index is 2.54. The average molecular weight is 1530 g/mol. The minimum Gasteiger partial charge on any atom is -0.311 e. The molecule has 24 rings (SSSR count). The van der Waals surface area contributed by atoms with Crippen molar-refractivity contribution in [3.8, 4) is 89.0 Å². The van der Waals surface area contributed by atoms with E-state index in [9.17, 15) is 0 Å². The summed E-state index contributed by atoms with van der Waals surface area (Å²) in [6.45, 7) is 0. The predicted molar refractivity (Wildman–Crippen MR) is 495 cm³/mol. The highest BCUT2D eigenvalue weighted by atomic mass is 15.1. The lowest BCUT2D eigenvalue weighted by atomic mass is 9.65. The lowest BCUT2D eigenvalue weighted by molar-refractivity contribution is 0.550. The molecule has 0 heterocycles. The third kappa shape index (κ3) is 10.7. The summed E-state index contributed by atoms with van der Waals surface area (Å²) in [7, 11) is 0. The van der Waals surface area contributed by atoms with Gasteiger partial charge in [-0.25, -0.2) is 0 Å². The van der Waals surface area contributed by atoms with E-state index in [1.807, 2.05) is 0 Å². The maximum Gasteiger partial charge on any atom is 0.0701 e. The zero-order valence-corrected chi connectivity index (χ0v) is 67.5. The predicted octanol–water partition coefficient (Wildman–Crippen LogP) is 31.0. The van der Waals surface area contributed by atoms with Crippen molar-refractivity contribution < 1.29 is 0 Å². The molecule has 0 saturated heterocycles. The van der Waals surface area contributed by atoms with Crippen LogP contribution in [0.15, 0.2) is 376 Å². The third-order valence-corrected chi connectivity index (χ3v) is 30.3. The van der Waals surface area contributed by atoms with Gasteiger partial charge in [-0.15, -0.1) is 0 Å². The second kappa shape index (κ2) is 27.6. The Labute approximate surface area is 700 Å². The van der Waals surface area contributed by atoms with Crippen LogP contribution in [0.2, 0.25) is 0 Å². The van der Waals surface area contributed by atoms with E-state index in [4.69, 9.17) is 0 Å². The van der Waals surface area contributed by atoms with Crippen LogP contribution in [0.5, 0.6) is 0 Å². The molecule has 0 amide bonds. The number of fused-ring (bicyclic) bond motifs is 20. The lowest BCUT2D eigenvalue weighted by Crippen LogP contribution is -2.31. The van der Waals surface area contributed by atoms with E-state index in [1.54, 1.807) is 0 Å². The van der Waals surface area contributed by atoms with Gasteiger partial charge in [-0.1, -0.05) is 330 Å². The highest BCUT2D eigenvalue weighted by Gasteiger charge is 2.50. The molecule has 0 unspecified atom stereocenters. The molecule has 0 atom stereocenters. The number of rotatable bonds is 14. The zero-order chi connectivity index (χ0) is 78.4. The molecule has 572 valence electrons. The standard InChI is InChI=1S/C117H94N2/c1-3-23-87(24-4-1)117(88-25-5-2-6-26-88,89-47-59-95(60-48-89)118(91-51-35-79(36-52-91)83-43-63-101-97-27-7-11-31-105(97)113(109(101)75-83)67-15-16-68-113)92-53-37-80(38-54-92)84-44-64-102-98-28-8-12-32-106(98)114(110(102)76-84)69-17-18-70-114)90-49-61-96(62-50-90)119(93-55-39-81(40-56-93)85-45-65-103-99-29-9-13-33-107(99)115(111(103)77-85)71-19-20-72-115)94-57-41-82(42-58-94)86-46-66-104-100-30-10-14-34-108(100)116(112(104)78-86)73-21-22-74-116/h1-14,23-66,75-78H,15-22,67-74H2. The van der Waals surface area contributed by atoms with E-state index >= 15 is 0 Å². The zero-order valence-electron chi connectivity index (χ0n) is 67.5. The Morgan fingerprint density at radius 1 is 0.160 bits per heavy atom. The first-order chi connectivity index (χ1) is 58.9. The van der Waals surface area contributed by atoms with Gasteiger partial charge in [-0.2, -0.15) is 0 Å². The van der Waals surface area contributed by atoms with Crippen LogP contribution in [0, 0.1) is 0 Å². The second-order valence-electron chi connectivity index (χ2n) is 35.8. The summed E-state index contributed by atoms with van der Waals surface area (Å²) in [6, 6.07) is 146. The van der Waals surface area contributed by atoms with Gasteiger partial charge in [-0.3, -0.25) is 0 Å². The molecule has 0 bridgehead atoms. The molecule has 0 N–H and O–H groups in total. The first kappa shape index (κ1) is 70.3. The van der Waals surface area contributed by atoms with Crippen LogP contribution in [0.4, 0.5) is 34.1 Å². The summed E-state index contributed by atoms with van der Waals surface area (Å²) in [5, 5.41) is 0. The Balaban J connectivity index is 0.611. The fraction of sp³-hybridized carbons (Fsp3) is 0.179. The molecule has 4 fully saturated rings. The summed E-state index contributed by atoms with van der Waals surface area (Å²) >= 11 is 0. The molecule has 119 heavy (non-hydrogen) atoms. The van der Waals surface area contributed by atoms with Crippen molar-refractivity contribution in [2.45, 2.75) is 130 Å². The van der Waals surface area contributed by atoms with Gasteiger partial charge in [0.2, 0.25) is 0 Å². The summed E-state index contributed by atoms with van der Waals surface area (Å²) < 4.78 is 0. The quantitative estimate of drug-likeness (QED) is 0.100. The number of benzene rings is 16. The lowest BCUT2D eigenvalue weighted by Gasteiger charge is -2.37. The number of anilines is 6. The largest absolute Gasteiger partial charge is 0.311 e. The number of hydrogen-bond donors (Lipinski definition) is 0. The average Bonchev–Trinajstić information content (AvgIpc) is 1.58. The SMILES string of the molecule is c1ccc(C(c2ccccc2)(c2ccc(N(c3ccc(-c4ccc5c(c4)C4(CCCC4)c4ccccc4-5)cc3)c3ccc(-c4ccc5c(c4)C4(CCCC4)c4ccccc4-5)cc3)cc2)c2ccc(N(c3ccc(-c4ccc5c(c4)C4(CCCC4)c4ccccc4-5)cc3)c3ccc(-c4ccc5c(c4)C4(CCCC4)c4ccccc4-5)cc3)cc2)cc1. The molecule has 4 spiro atoms. The van der Waals surface area contributed by atoms with Gasteiger partial charge >= 0.3 is 0 Å². The fourth-order valence-electron chi connectivity index (χ4n) is 24.8. The minimum atomic E-state index is -0.729. The molecule has 8 aliphatic carbocycles. The van der Waals surface area contributed by atoms with Crippen molar-refractivity contribution in [2.24, 2.45) is 0 Å². The van der Waals surface area contributed by atoms with Crippen LogP contribution in [0.25, 0.3) is 89.0 Å². The van der Waals surface area contributed by atoms with Crippen molar-refractivity contribution in [1.29, 1.82) is 0 Å². The topological polar surface area (TPSA) is 6.48 Å².